The highest BCUT2D eigenvalue weighted by Crippen LogP contribution is 2.37. The highest BCUT2D eigenvalue weighted by molar-refractivity contribution is 6.05. The average Bonchev–Trinajstić information content (AvgIpc) is 3.68. The summed E-state index contributed by atoms with van der Waals surface area (Å²) in [5.74, 6) is 1.96. The van der Waals surface area contributed by atoms with Crippen LogP contribution in [0.25, 0.3) is 22.3 Å². The minimum Gasteiger partial charge on any atom is -0.477 e. The molecule has 11 nitrogen and oxygen atoms in total. The molecule has 2 aliphatic heterocycles. The Morgan fingerprint density at radius 1 is 1.12 bits per heavy atom. The topological polar surface area (TPSA) is 111 Å². The van der Waals surface area contributed by atoms with Crippen molar-refractivity contribution in [3.05, 3.63) is 47.8 Å². The first-order valence-electron chi connectivity index (χ1n) is 14.9. The molecule has 4 bridgehead atoms. The number of amides is 1. The Balaban J connectivity index is 1.28. The Morgan fingerprint density at radius 2 is 2.00 bits per heavy atom. The number of benzene rings is 1. The third kappa shape index (κ3) is 5.11. The number of rotatable bonds is 3. The van der Waals surface area contributed by atoms with Gasteiger partial charge in [-0.2, -0.15) is 5.10 Å². The first kappa shape index (κ1) is 26.9. The number of pyridine rings is 1. The summed E-state index contributed by atoms with van der Waals surface area (Å²) >= 11 is 0. The number of aryl methyl sites for hydroxylation is 2. The fourth-order valence-corrected chi connectivity index (χ4v) is 6.80. The van der Waals surface area contributed by atoms with E-state index in [-0.39, 0.29) is 11.9 Å². The van der Waals surface area contributed by atoms with E-state index in [9.17, 15) is 4.79 Å². The molecular weight excluding hydrogens is 532 g/mol. The fraction of sp³-hybridized carbons (Fsp3) is 0.484. The lowest BCUT2D eigenvalue weighted by Gasteiger charge is -2.35. The van der Waals surface area contributed by atoms with E-state index >= 15 is 0 Å². The number of ether oxygens (including phenoxy) is 2. The number of methoxy groups -OCH3 is 1. The second-order valence-corrected chi connectivity index (χ2v) is 12.0. The molecule has 1 saturated heterocycles. The zero-order chi connectivity index (χ0) is 28.8. The van der Waals surface area contributed by atoms with Gasteiger partial charge in [-0.15, -0.1) is 0 Å². The molecule has 42 heavy (non-hydrogen) atoms. The molecule has 3 aliphatic rings. The van der Waals surface area contributed by atoms with Crippen LogP contribution in [0.1, 0.15) is 35.3 Å². The summed E-state index contributed by atoms with van der Waals surface area (Å²) in [7, 11) is 3.62. The van der Waals surface area contributed by atoms with Crippen LogP contribution in [-0.2, 0) is 18.3 Å². The molecule has 3 aromatic heterocycles. The van der Waals surface area contributed by atoms with Crippen LogP contribution in [0, 0.1) is 18.8 Å². The molecule has 0 unspecified atom stereocenters. The second-order valence-electron chi connectivity index (χ2n) is 12.0. The standard InChI is InChI=1S/C31H38N8O3/c1-19-10-22-12-27(34-19)25-14-33-37(2)30(25)42-17-21-5-4-20(11-21)15-39-28-13-24(38-9-8-32-23(16-38)18-41-3)6-7-26(28)35-31(39)36-29(22)40/h6-7,10,12-14,20-21,23,32H,4-5,8-9,11,15-18H2,1-3H3,(H,35,36,40)/t20-,21+,23+/m1/s1. The summed E-state index contributed by atoms with van der Waals surface area (Å²) in [6.45, 7) is 6.71. The summed E-state index contributed by atoms with van der Waals surface area (Å²) in [6.07, 6.45) is 5.03. The zero-order valence-electron chi connectivity index (χ0n) is 24.5. The molecule has 5 heterocycles. The number of fused-ring (bicyclic) bond motifs is 9. The summed E-state index contributed by atoms with van der Waals surface area (Å²) in [4.78, 5) is 25.8. The maximum Gasteiger partial charge on any atom is 0.258 e. The number of piperazine rings is 1. The largest absolute Gasteiger partial charge is 0.477 e. The molecule has 2 fully saturated rings. The van der Waals surface area contributed by atoms with Gasteiger partial charge in [-0.3, -0.25) is 15.1 Å². The minimum absolute atomic E-state index is 0.214. The SMILES string of the molecule is COC[C@@H]1CN(c2ccc3nc4n(c3c2)C[C@@H]2CC[C@H](COc3c(cnn3C)-c3cc(cc(C)n3)C(=O)N4)C2)CCN1. The van der Waals surface area contributed by atoms with Gasteiger partial charge in [0.15, 0.2) is 0 Å². The van der Waals surface area contributed by atoms with Crippen molar-refractivity contribution in [1.82, 2.24) is 29.6 Å². The van der Waals surface area contributed by atoms with Gasteiger partial charge < -0.3 is 24.3 Å². The highest BCUT2D eigenvalue weighted by Gasteiger charge is 2.29. The molecule has 220 valence electrons. The molecule has 1 saturated carbocycles. The molecule has 11 heteroatoms. The molecule has 3 atom stereocenters. The lowest BCUT2D eigenvalue weighted by molar-refractivity contribution is 0.102. The monoisotopic (exact) mass is 570 g/mol. The molecule has 0 spiro atoms. The van der Waals surface area contributed by atoms with Crippen molar-refractivity contribution < 1.29 is 14.3 Å². The van der Waals surface area contributed by atoms with Gasteiger partial charge >= 0.3 is 0 Å². The van der Waals surface area contributed by atoms with Gasteiger partial charge in [0.1, 0.15) is 0 Å². The van der Waals surface area contributed by atoms with Crippen molar-refractivity contribution in [3.63, 3.8) is 0 Å². The fourth-order valence-electron chi connectivity index (χ4n) is 6.80. The second kappa shape index (κ2) is 11.0. The van der Waals surface area contributed by atoms with Crippen LogP contribution in [0.15, 0.2) is 36.5 Å². The molecule has 1 aliphatic carbocycles. The van der Waals surface area contributed by atoms with Crippen molar-refractivity contribution in [2.75, 3.05) is 50.2 Å². The van der Waals surface area contributed by atoms with E-state index in [1.54, 1.807) is 18.0 Å². The van der Waals surface area contributed by atoms with Gasteiger partial charge in [-0.1, -0.05) is 0 Å². The van der Waals surface area contributed by atoms with Crippen molar-refractivity contribution in [1.29, 1.82) is 0 Å². The Bertz CT molecular complexity index is 1630. The van der Waals surface area contributed by atoms with Gasteiger partial charge in [0.2, 0.25) is 11.8 Å². The molecule has 1 amide bonds. The average molecular weight is 571 g/mol. The summed E-state index contributed by atoms with van der Waals surface area (Å²) in [5, 5.41) is 11.1. The Labute approximate surface area is 245 Å². The van der Waals surface area contributed by atoms with Crippen LogP contribution in [0.5, 0.6) is 5.88 Å². The number of carbonyl (C=O) groups excluding carboxylic acids is 1. The zero-order valence-corrected chi connectivity index (χ0v) is 24.5. The molecule has 7 rings (SSSR count). The molecule has 0 radical (unpaired) electrons. The number of carbonyl (C=O) groups is 1. The van der Waals surface area contributed by atoms with Crippen molar-refractivity contribution in [2.45, 2.75) is 38.8 Å². The van der Waals surface area contributed by atoms with Crippen LogP contribution in [0.2, 0.25) is 0 Å². The maximum atomic E-state index is 13.7. The van der Waals surface area contributed by atoms with E-state index in [0.29, 0.717) is 48.1 Å². The van der Waals surface area contributed by atoms with E-state index in [1.807, 2.05) is 26.1 Å². The number of hydrogen-bond donors (Lipinski definition) is 2. The minimum atomic E-state index is -0.214. The number of imidazole rings is 1. The number of hydrogen-bond acceptors (Lipinski definition) is 8. The van der Waals surface area contributed by atoms with Crippen LogP contribution in [0.4, 0.5) is 11.6 Å². The number of nitrogens with one attached hydrogen (secondary N) is 2. The highest BCUT2D eigenvalue weighted by atomic mass is 16.5. The van der Waals surface area contributed by atoms with Gasteiger partial charge in [0.25, 0.3) is 5.91 Å². The predicted octanol–water partition coefficient (Wildman–Crippen LogP) is 3.63. The van der Waals surface area contributed by atoms with Gasteiger partial charge in [-0.05, 0) is 68.4 Å². The molecule has 2 N–H and O–H groups in total. The van der Waals surface area contributed by atoms with E-state index < -0.39 is 0 Å². The Kier molecular flexibility index (Phi) is 7.07. The summed E-state index contributed by atoms with van der Waals surface area (Å²) in [6, 6.07) is 10.3. The number of anilines is 2. The summed E-state index contributed by atoms with van der Waals surface area (Å²) < 4.78 is 15.8. The first-order chi connectivity index (χ1) is 20.4. The van der Waals surface area contributed by atoms with E-state index in [2.05, 4.69) is 43.4 Å². The van der Waals surface area contributed by atoms with Crippen LogP contribution < -0.4 is 20.3 Å². The quantitative estimate of drug-likeness (QED) is 0.384. The first-order valence-corrected chi connectivity index (χ1v) is 14.9. The lowest BCUT2D eigenvalue weighted by atomic mass is 10.1. The van der Waals surface area contributed by atoms with E-state index in [0.717, 1.165) is 73.4 Å². The predicted molar refractivity (Wildman–Crippen MR) is 161 cm³/mol. The Hall–Kier alpha value is -3.96. The van der Waals surface area contributed by atoms with Crippen LogP contribution in [-0.4, -0.2) is 76.2 Å². The van der Waals surface area contributed by atoms with E-state index in [1.165, 1.54) is 0 Å². The Morgan fingerprint density at radius 3 is 2.88 bits per heavy atom. The van der Waals surface area contributed by atoms with Crippen molar-refractivity contribution >= 4 is 28.6 Å². The lowest BCUT2D eigenvalue weighted by Crippen LogP contribution is -2.52. The smallest absolute Gasteiger partial charge is 0.258 e. The maximum absolute atomic E-state index is 13.7. The van der Waals surface area contributed by atoms with Crippen molar-refractivity contribution in [2.24, 2.45) is 18.9 Å². The van der Waals surface area contributed by atoms with E-state index in [4.69, 9.17) is 19.4 Å². The molecule has 1 aromatic carbocycles. The summed E-state index contributed by atoms with van der Waals surface area (Å²) in [5.41, 5.74) is 5.81. The normalized spacial score (nSPS) is 22.6. The van der Waals surface area contributed by atoms with Gasteiger partial charge in [0.05, 0.1) is 41.7 Å². The number of aromatic nitrogens is 5. The van der Waals surface area contributed by atoms with Crippen LogP contribution >= 0.6 is 0 Å². The van der Waals surface area contributed by atoms with Gasteiger partial charge in [0, 0.05) is 63.3 Å². The molecule has 4 aromatic rings. The van der Waals surface area contributed by atoms with Gasteiger partial charge in [-0.25, -0.2) is 9.67 Å². The number of nitrogens with zero attached hydrogens (tertiary/aromatic N) is 6. The van der Waals surface area contributed by atoms with Crippen LogP contribution in [0.3, 0.4) is 0 Å². The van der Waals surface area contributed by atoms with Crippen molar-refractivity contribution in [3.8, 4) is 17.1 Å². The third-order valence-corrected chi connectivity index (χ3v) is 8.87. The molecular formula is C31H38N8O3. The third-order valence-electron chi connectivity index (χ3n) is 8.87.